The number of nitrogens with one attached hydrogen (secondary N) is 1. The molecule has 0 spiro atoms. The lowest BCUT2D eigenvalue weighted by molar-refractivity contribution is 0.0765. The molecular weight excluding hydrogens is 232 g/mol. The minimum atomic E-state index is 0.291. The highest BCUT2D eigenvalue weighted by molar-refractivity contribution is 5.66. The van der Waals surface area contributed by atoms with Crippen molar-refractivity contribution in [3.05, 3.63) is 6.33 Å². The topological polar surface area (TPSA) is 82.3 Å². The largest absolute Gasteiger partial charge is 0.479 e. The third-order valence-electron chi connectivity index (χ3n) is 2.36. The summed E-state index contributed by atoms with van der Waals surface area (Å²) in [4.78, 5) is 7.99. The monoisotopic (exact) mass is 254 g/mol. The van der Waals surface area contributed by atoms with Crippen LogP contribution < -0.4 is 15.8 Å². The van der Waals surface area contributed by atoms with Gasteiger partial charge in [-0.15, -0.1) is 0 Å². The van der Waals surface area contributed by atoms with E-state index in [0.29, 0.717) is 23.5 Å². The number of nitrogen functional groups attached to an aromatic ring is 1. The van der Waals surface area contributed by atoms with Crippen LogP contribution in [0.3, 0.4) is 0 Å². The predicted octanol–water partition coefficient (Wildman–Crippen LogP) is 1.68. The molecule has 0 aliphatic heterocycles. The average molecular weight is 254 g/mol. The Bertz CT molecular complexity index is 358. The van der Waals surface area contributed by atoms with Crippen LogP contribution in [0.2, 0.25) is 0 Å². The molecule has 0 aromatic carbocycles. The Labute approximate surface area is 108 Å². The molecule has 0 saturated carbocycles. The van der Waals surface area contributed by atoms with Crippen molar-refractivity contribution in [2.24, 2.45) is 0 Å². The van der Waals surface area contributed by atoms with E-state index in [0.717, 1.165) is 26.0 Å². The molecule has 1 aromatic heterocycles. The van der Waals surface area contributed by atoms with Crippen molar-refractivity contribution in [3.63, 3.8) is 0 Å². The smallest absolute Gasteiger partial charge is 0.242 e. The maximum atomic E-state index is 5.84. The third kappa shape index (κ3) is 4.75. The SMILES string of the molecule is COc1ncnc(NCCCCOC(C)C)c1N. The van der Waals surface area contributed by atoms with Gasteiger partial charge in [-0.25, -0.2) is 4.98 Å². The zero-order valence-electron chi connectivity index (χ0n) is 11.3. The van der Waals surface area contributed by atoms with Crippen molar-refractivity contribution in [2.45, 2.75) is 32.8 Å². The molecular formula is C12H22N4O2. The van der Waals surface area contributed by atoms with Gasteiger partial charge in [0.2, 0.25) is 5.88 Å². The molecule has 1 heterocycles. The number of unbranched alkanes of at least 4 members (excludes halogenated alkanes) is 1. The molecule has 0 fully saturated rings. The van der Waals surface area contributed by atoms with Crippen molar-refractivity contribution in [3.8, 4) is 5.88 Å². The molecule has 0 amide bonds. The highest BCUT2D eigenvalue weighted by atomic mass is 16.5. The van der Waals surface area contributed by atoms with Crippen LogP contribution in [0.15, 0.2) is 6.33 Å². The van der Waals surface area contributed by atoms with Crippen LogP contribution in [-0.2, 0) is 4.74 Å². The fraction of sp³-hybridized carbons (Fsp3) is 0.667. The molecule has 0 unspecified atom stereocenters. The van der Waals surface area contributed by atoms with E-state index in [9.17, 15) is 0 Å². The van der Waals surface area contributed by atoms with Crippen LogP contribution in [0.25, 0.3) is 0 Å². The number of anilines is 2. The normalized spacial score (nSPS) is 10.7. The molecule has 1 aromatic rings. The highest BCUT2D eigenvalue weighted by Gasteiger charge is 2.06. The molecule has 0 saturated heterocycles. The first-order chi connectivity index (χ1) is 8.65. The maximum Gasteiger partial charge on any atom is 0.242 e. The van der Waals surface area contributed by atoms with Gasteiger partial charge in [-0.2, -0.15) is 4.98 Å². The number of ether oxygens (including phenoxy) is 2. The summed E-state index contributed by atoms with van der Waals surface area (Å²) in [5.74, 6) is 1.02. The average Bonchev–Trinajstić information content (AvgIpc) is 2.35. The van der Waals surface area contributed by atoms with Gasteiger partial charge in [0.05, 0.1) is 13.2 Å². The van der Waals surface area contributed by atoms with Crippen LogP contribution in [-0.4, -0.2) is 36.3 Å². The highest BCUT2D eigenvalue weighted by Crippen LogP contribution is 2.23. The van der Waals surface area contributed by atoms with E-state index < -0.39 is 0 Å². The summed E-state index contributed by atoms with van der Waals surface area (Å²) in [7, 11) is 1.53. The predicted molar refractivity (Wildman–Crippen MR) is 71.8 cm³/mol. The summed E-state index contributed by atoms with van der Waals surface area (Å²) in [5.41, 5.74) is 6.28. The van der Waals surface area contributed by atoms with Gasteiger partial charge in [0.1, 0.15) is 12.0 Å². The van der Waals surface area contributed by atoms with Gasteiger partial charge in [0.25, 0.3) is 0 Å². The Morgan fingerprint density at radius 2 is 2.11 bits per heavy atom. The Morgan fingerprint density at radius 3 is 2.78 bits per heavy atom. The Balaban J connectivity index is 2.27. The molecule has 0 atom stereocenters. The number of nitrogens with two attached hydrogens (primary N) is 1. The minimum Gasteiger partial charge on any atom is -0.479 e. The minimum absolute atomic E-state index is 0.291. The van der Waals surface area contributed by atoms with Gasteiger partial charge in [-0.1, -0.05) is 0 Å². The first kappa shape index (κ1) is 14.5. The van der Waals surface area contributed by atoms with Crippen molar-refractivity contribution in [1.29, 1.82) is 0 Å². The van der Waals surface area contributed by atoms with Gasteiger partial charge in [-0.05, 0) is 26.7 Å². The van der Waals surface area contributed by atoms with Gasteiger partial charge >= 0.3 is 0 Å². The molecule has 6 nitrogen and oxygen atoms in total. The van der Waals surface area contributed by atoms with E-state index in [1.807, 2.05) is 13.8 Å². The number of aromatic nitrogens is 2. The van der Waals surface area contributed by atoms with Crippen LogP contribution >= 0.6 is 0 Å². The van der Waals surface area contributed by atoms with Crippen molar-refractivity contribution in [2.75, 3.05) is 31.3 Å². The Kier molecular flexibility index (Phi) is 6.21. The van der Waals surface area contributed by atoms with Crippen molar-refractivity contribution >= 4 is 11.5 Å². The number of rotatable bonds is 8. The fourth-order valence-electron chi connectivity index (χ4n) is 1.44. The molecule has 1 rings (SSSR count). The quantitative estimate of drug-likeness (QED) is 0.687. The second-order valence-corrected chi connectivity index (χ2v) is 4.20. The second-order valence-electron chi connectivity index (χ2n) is 4.20. The molecule has 0 bridgehead atoms. The molecule has 0 aliphatic carbocycles. The molecule has 18 heavy (non-hydrogen) atoms. The molecule has 0 radical (unpaired) electrons. The number of methoxy groups -OCH3 is 1. The summed E-state index contributed by atoms with van der Waals surface area (Å²) in [6, 6.07) is 0. The maximum absolute atomic E-state index is 5.84. The van der Waals surface area contributed by atoms with Crippen molar-refractivity contribution in [1.82, 2.24) is 9.97 Å². The number of hydrogen-bond donors (Lipinski definition) is 2. The summed E-state index contributed by atoms with van der Waals surface area (Å²) >= 11 is 0. The van der Waals surface area contributed by atoms with Gasteiger partial charge in [0, 0.05) is 13.2 Å². The summed E-state index contributed by atoms with van der Waals surface area (Å²) in [6.45, 7) is 5.64. The summed E-state index contributed by atoms with van der Waals surface area (Å²) in [5, 5.41) is 3.16. The molecule has 3 N–H and O–H groups in total. The molecule has 6 heteroatoms. The lowest BCUT2D eigenvalue weighted by Crippen LogP contribution is -2.10. The van der Waals surface area contributed by atoms with Gasteiger partial charge in [-0.3, -0.25) is 0 Å². The zero-order chi connectivity index (χ0) is 13.4. The van der Waals surface area contributed by atoms with Crippen LogP contribution in [0.1, 0.15) is 26.7 Å². The number of hydrogen-bond acceptors (Lipinski definition) is 6. The standard InChI is InChI=1S/C12H22N4O2/c1-9(2)18-7-5-4-6-14-11-10(13)12(17-3)16-8-15-11/h8-9H,4-7,13H2,1-3H3,(H,14,15,16). The Morgan fingerprint density at radius 1 is 1.33 bits per heavy atom. The van der Waals surface area contributed by atoms with Crippen LogP contribution in [0, 0.1) is 0 Å². The van der Waals surface area contributed by atoms with Crippen LogP contribution in [0.5, 0.6) is 5.88 Å². The van der Waals surface area contributed by atoms with E-state index in [-0.39, 0.29) is 0 Å². The fourth-order valence-corrected chi connectivity index (χ4v) is 1.44. The van der Waals surface area contributed by atoms with E-state index in [4.69, 9.17) is 15.2 Å². The summed E-state index contributed by atoms with van der Waals surface area (Å²) in [6.07, 6.45) is 3.73. The first-order valence-electron chi connectivity index (χ1n) is 6.15. The zero-order valence-corrected chi connectivity index (χ0v) is 11.3. The lowest BCUT2D eigenvalue weighted by Gasteiger charge is -2.10. The number of nitrogens with zero attached hydrogens (tertiary/aromatic N) is 2. The van der Waals surface area contributed by atoms with E-state index >= 15 is 0 Å². The summed E-state index contributed by atoms with van der Waals surface area (Å²) < 4.78 is 10.5. The van der Waals surface area contributed by atoms with Crippen LogP contribution in [0.4, 0.5) is 11.5 Å². The van der Waals surface area contributed by atoms with E-state index in [1.54, 1.807) is 0 Å². The van der Waals surface area contributed by atoms with E-state index in [2.05, 4.69) is 15.3 Å². The lowest BCUT2D eigenvalue weighted by atomic mass is 10.3. The second kappa shape index (κ2) is 7.71. The van der Waals surface area contributed by atoms with Gasteiger partial charge in [0.15, 0.2) is 5.82 Å². The van der Waals surface area contributed by atoms with Gasteiger partial charge < -0.3 is 20.5 Å². The van der Waals surface area contributed by atoms with E-state index in [1.165, 1.54) is 13.4 Å². The Hall–Kier alpha value is -1.56. The van der Waals surface area contributed by atoms with Crippen molar-refractivity contribution < 1.29 is 9.47 Å². The first-order valence-corrected chi connectivity index (χ1v) is 6.15. The molecule has 0 aliphatic rings. The third-order valence-corrected chi connectivity index (χ3v) is 2.36. The molecule has 102 valence electrons.